The molecule has 0 aliphatic rings. The molecule has 10 nitrogen and oxygen atoms in total. The van der Waals surface area contributed by atoms with E-state index >= 15 is 0 Å². The number of aliphatic hydroxyl groups excluding tert-OH is 3. The van der Waals surface area contributed by atoms with Crippen molar-refractivity contribution < 1.29 is 38.9 Å². The van der Waals surface area contributed by atoms with Crippen LogP contribution in [0.4, 0.5) is 4.39 Å². The van der Waals surface area contributed by atoms with Crippen LogP contribution in [0.3, 0.4) is 0 Å². The molecule has 1 aromatic rings. The number of nitrogens with one attached hydrogen (secondary N) is 3. The highest BCUT2D eigenvalue weighted by molar-refractivity contribution is 7.99. The van der Waals surface area contributed by atoms with Gasteiger partial charge in [-0.25, -0.2) is 4.39 Å². The van der Waals surface area contributed by atoms with Crippen molar-refractivity contribution in [3.05, 3.63) is 35.9 Å². The van der Waals surface area contributed by atoms with E-state index in [2.05, 4.69) is 22.8 Å². The molecule has 2 amide bonds. The van der Waals surface area contributed by atoms with E-state index < -0.39 is 62.2 Å². The van der Waals surface area contributed by atoms with E-state index in [0.717, 1.165) is 12.0 Å². The van der Waals surface area contributed by atoms with Gasteiger partial charge in [0.2, 0.25) is 11.8 Å². The van der Waals surface area contributed by atoms with Crippen molar-refractivity contribution in [2.75, 3.05) is 39.3 Å². The number of hydrogen-bond donors (Lipinski definition) is 6. The number of benzene rings is 1. The summed E-state index contributed by atoms with van der Waals surface area (Å²) in [5.74, 6) is -1.21. The van der Waals surface area contributed by atoms with E-state index in [1.807, 2.05) is 23.5 Å². The molecule has 1 rings (SSSR count). The van der Waals surface area contributed by atoms with Crippen molar-refractivity contribution in [2.24, 2.45) is 0 Å². The molecule has 12 heteroatoms. The van der Waals surface area contributed by atoms with Gasteiger partial charge >= 0.3 is 0 Å². The maximum atomic E-state index is 12.2. The topological polar surface area (TPSA) is 165 Å². The van der Waals surface area contributed by atoms with Crippen molar-refractivity contribution in [1.29, 1.82) is 0 Å². The molecule has 0 spiro atoms. The van der Waals surface area contributed by atoms with Crippen molar-refractivity contribution >= 4 is 35.6 Å². The van der Waals surface area contributed by atoms with Gasteiger partial charge in [-0.05, 0) is 12.6 Å². The van der Waals surface area contributed by atoms with E-state index in [1.165, 1.54) is 12.6 Å². The highest BCUT2D eigenvalue weighted by atomic mass is 32.2. The summed E-state index contributed by atoms with van der Waals surface area (Å²) < 4.78 is 12.2. The highest BCUT2D eigenvalue weighted by Crippen LogP contribution is 2.09. The van der Waals surface area contributed by atoms with Crippen LogP contribution in [0.1, 0.15) is 5.56 Å². The van der Waals surface area contributed by atoms with Gasteiger partial charge in [0, 0.05) is 11.5 Å². The Balaban J connectivity index is 0.000000726. The number of alkyl halides is 1. The van der Waals surface area contributed by atoms with E-state index in [1.54, 1.807) is 11.8 Å². The Morgan fingerprint density at radius 1 is 0.969 bits per heavy atom. The Kier molecular flexibility index (Phi) is 16.9. The van der Waals surface area contributed by atoms with Crippen LogP contribution in [-0.4, -0.2) is 96.6 Å². The maximum absolute atomic E-state index is 12.2. The summed E-state index contributed by atoms with van der Waals surface area (Å²) in [5.41, 5.74) is 1.28. The fraction of sp³-hybridized carbons (Fsp3) is 0.500. The van der Waals surface area contributed by atoms with Crippen molar-refractivity contribution in [1.82, 2.24) is 16.0 Å². The Bertz CT molecular complexity index is 693. The van der Waals surface area contributed by atoms with Gasteiger partial charge in [-0.1, -0.05) is 30.3 Å². The number of thioether (sulfide) groups is 1. The van der Waals surface area contributed by atoms with Crippen LogP contribution in [0.15, 0.2) is 30.3 Å². The zero-order chi connectivity index (χ0) is 24.4. The molecular formula is C20H30FN3O7S. The summed E-state index contributed by atoms with van der Waals surface area (Å²) in [4.78, 5) is 44.4. The van der Waals surface area contributed by atoms with Crippen molar-refractivity contribution in [2.45, 2.75) is 23.9 Å². The van der Waals surface area contributed by atoms with Gasteiger partial charge in [0.1, 0.15) is 31.1 Å². The number of aldehydes is 1. The molecule has 1 unspecified atom stereocenters. The third kappa shape index (κ3) is 11.9. The van der Waals surface area contributed by atoms with Crippen molar-refractivity contribution in [3.63, 3.8) is 0 Å². The summed E-state index contributed by atoms with van der Waals surface area (Å²) in [6, 6.07) is 6.32. The van der Waals surface area contributed by atoms with E-state index in [4.69, 9.17) is 15.3 Å². The van der Waals surface area contributed by atoms with Crippen LogP contribution in [0, 0.1) is 0 Å². The van der Waals surface area contributed by atoms with Crippen LogP contribution < -0.4 is 16.0 Å². The summed E-state index contributed by atoms with van der Waals surface area (Å²) >= 11 is 1.64. The molecule has 0 aliphatic heterocycles. The Labute approximate surface area is 190 Å². The minimum Gasteiger partial charge on any atom is -0.394 e. The standard InChI is InChI=1S/C11H20FN3O6.C9H10OS/c1-13-7(4-17)10(20)15-8(5-18)11(21)14-6(3-16)9(19)2-12;10-6-7-11-8-9-4-2-1-3-5-9/h6-8,13,16-18H,2-5H2,1H3,(H,14,21)(H,15,20);1-6H,7-8H2/t6-,7-,8?;/m0./s1. The number of Topliss-reactive ketones (excluding diaryl/α,β-unsaturated/α-hetero) is 1. The summed E-state index contributed by atoms with van der Waals surface area (Å²) in [6.07, 6.45) is 0.938. The Morgan fingerprint density at radius 2 is 1.50 bits per heavy atom. The average Bonchev–Trinajstić information content (AvgIpc) is 2.82. The molecule has 32 heavy (non-hydrogen) atoms. The SMILES string of the molecule is CN[C@@H](CO)C(=O)NC(CO)C(=O)N[C@@H](CO)C(=O)CF.O=CCSCc1ccccc1. The van der Waals surface area contributed by atoms with Gasteiger partial charge in [-0.3, -0.25) is 14.4 Å². The normalized spacial score (nSPS) is 13.0. The molecule has 0 aromatic heterocycles. The molecule has 3 atom stereocenters. The zero-order valence-electron chi connectivity index (χ0n) is 17.7. The number of aliphatic hydroxyl groups is 3. The van der Waals surface area contributed by atoms with E-state index in [9.17, 15) is 23.6 Å². The lowest BCUT2D eigenvalue weighted by atomic mass is 10.2. The number of rotatable bonds is 14. The molecule has 0 saturated carbocycles. The van der Waals surface area contributed by atoms with Gasteiger partial charge in [-0.2, -0.15) is 0 Å². The monoisotopic (exact) mass is 475 g/mol. The first-order valence-electron chi connectivity index (χ1n) is 9.62. The van der Waals surface area contributed by atoms with E-state index in [-0.39, 0.29) is 0 Å². The number of halogens is 1. The van der Waals surface area contributed by atoms with Crippen LogP contribution in [-0.2, 0) is 24.9 Å². The molecular weight excluding hydrogens is 445 g/mol. The second kappa shape index (κ2) is 18.2. The summed E-state index contributed by atoms with van der Waals surface area (Å²) in [7, 11) is 1.41. The number of likely N-dealkylation sites (N-methyl/N-ethyl adjacent to an activating group) is 1. The third-order valence-corrected chi connectivity index (χ3v) is 4.89. The molecule has 0 radical (unpaired) electrons. The van der Waals surface area contributed by atoms with Crippen LogP contribution in [0.2, 0.25) is 0 Å². The lowest BCUT2D eigenvalue weighted by molar-refractivity contribution is -0.134. The number of carbonyl (C=O) groups is 4. The smallest absolute Gasteiger partial charge is 0.245 e. The quantitative estimate of drug-likeness (QED) is 0.134. The van der Waals surface area contributed by atoms with Gasteiger partial charge in [0.15, 0.2) is 5.78 Å². The number of hydrogen-bond acceptors (Lipinski definition) is 9. The van der Waals surface area contributed by atoms with E-state index in [0.29, 0.717) is 5.75 Å². The molecule has 6 N–H and O–H groups in total. The maximum Gasteiger partial charge on any atom is 0.245 e. The predicted molar refractivity (Wildman–Crippen MR) is 118 cm³/mol. The first-order valence-corrected chi connectivity index (χ1v) is 10.8. The Hall–Kier alpha value is -2.38. The minimum atomic E-state index is -1.45. The summed E-state index contributed by atoms with van der Waals surface area (Å²) in [6.45, 7) is -3.48. The number of carbonyl (C=O) groups excluding carboxylic acids is 4. The first kappa shape index (κ1) is 29.6. The molecule has 0 bridgehead atoms. The molecule has 0 aliphatic carbocycles. The molecule has 0 heterocycles. The van der Waals surface area contributed by atoms with Gasteiger partial charge in [0.05, 0.1) is 19.8 Å². The number of amides is 2. The van der Waals surface area contributed by atoms with Gasteiger partial charge in [-0.15, -0.1) is 11.8 Å². The molecule has 1 aromatic carbocycles. The fourth-order valence-electron chi connectivity index (χ4n) is 2.16. The molecule has 0 saturated heterocycles. The Morgan fingerprint density at radius 3 is 1.97 bits per heavy atom. The molecule has 0 fully saturated rings. The summed E-state index contributed by atoms with van der Waals surface area (Å²) in [5, 5.41) is 33.5. The van der Waals surface area contributed by atoms with Crippen LogP contribution in [0.5, 0.6) is 0 Å². The minimum absolute atomic E-state index is 0.526. The lowest BCUT2D eigenvalue weighted by Crippen LogP contribution is -2.57. The second-order valence-corrected chi connectivity index (χ2v) is 7.31. The zero-order valence-corrected chi connectivity index (χ0v) is 18.5. The lowest BCUT2D eigenvalue weighted by Gasteiger charge is -2.21. The fourth-order valence-corrected chi connectivity index (χ4v) is 2.81. The van der Waals surface area contributed by atoms with Gasteiger partial charge < -0.3 is 36.1 Å². The van der Waals surface area contributed by atoms with Crippen LogP contribution >= 0.6 is 11.8 Å². The largest absolute Gasteiger partial charge is 0.394 e. The molecule has 180 valence electrons. The van der Waals surface area contributed by atoms with Gasteiger partial charge in [0.25, 0.3) is 0 Å². The predicted octanol–water partition coefficient (Wildman–Crippen LogP) is -1.82. The van der Waals surface area contributed by atoms with Crippen molar-refractivity contribution in [3.8, 4) is 0 Å². The second-order valence-electron chi connectivity index (χ2n) is 6.28. The van der Waals surface area contributed by atoms with Crippen LogP contribution in [0.25, 0.3) is 0 Å². The average molecular weight is 476 g/mol. The number of ketones is 1. The highest BCUT2D eigenvalue weighted by Gasteiger charge is 2.27. The first-order chi connectivity index (χ1) is 15.4. The third-order valence-electron chi connectivity index (χ3n) is 3.98.